The van der Waals surface area contributed by atoms with Gasteiger partial charge in [0.05, 0.1) is 6.42 Å². The lowest BCUT2D eigenvalue weighted by Gasteiger charge is -2.33. The largest absolute Gasteiger partial charge is 0.481 e. The second-order valence-corrected chi connectivity index (χ2v) is 5.15. The van der Waals surface area contributed by atoms with E-state index in [1.165, 1.54) is 6.08 Å². The van der Waals surface area contributed by atoms with Crippen molar-refractivity contribution in [3.8, 4) is 0 Å². The van der Waals surface area contributed by atoms with Gasteiger partial charge in [-0.2, -0.15) is 0 Å². The summed E-state index contributed by atoms with van der Waals surface area (Å²) in [5, 5.41) is 8.90. The molecule has 0 spiro atoms. The molecule has 1 N–H and O–H groups in total. The lowest BCUT2D eigenvalue weighted by atomic mass is 9.70. The molecule has 94 valence electrons. The van der Waals surface area contributed by atoms with Crippen LogP contribution in [-0.2, 0) is 9.59 Å². The molecule has 17 heavy (non-hydrogen) atoms. The van der Waals surface area contributed by atoms with Gasteiger partial charge in [0.1, 0.15) is 0 Å². The summed E-state index contributed by atoms with van der Waals surface area (Å²) in [6.07, 6.45) is 5.86. The van der Waals surface area contributed by atoms with E-state index in [1.54, 1.807) is 13.0 Å². The molecular weight excluding hydrogens is 216 g/mol. The highest BCUT2D eigenvalue weighted by Gasteiger charge is 2.33. The smallest absolute Gasteiger partial charge is 0.307 e. The van der Waals surface area contributed by atoms with E-state index >= 15 is 0 Å². The van der Waals surface area contributed by atoms with Crippen LogP contribution in [0.3, 0.4) is 0 Å². The van der Waals surface area contributed by atoms with Gasteiger partial charge in [-0.3, -0.25) is 9.59 Å². The first-order valence-electron chi connectivity index (χ1n) is 6.00. The van der Waals surface area contributed by atoms with Crippen molar-refractivity contribution in [2.45, 2.75) is 46.5 Å². The molecule has 0 aromatic carbocycles. The molecule has 0 aromatic heterocycles. The first-order chi connectivity index (χ1) is 7.88. The number of ketones is 1. The molecule has 0 bridgehead atoms. The highest BCUT2D eigenvalue weighted by atomic mass is 16.4. The summed E-state index contributed by atoms with van der Waals surface area (Å²) < 4.78 is 0. The molecule has 0 saturated heterocycles. The molecule has 0 aromatic rings. The van der Waals surface area contributed by atoms with Crippen LogP contribution in [0.25, 0.3) is 0 Å². The van der Waals surface area contributed by atoms with Crippen molar-refractivity contribution in [3.05, 3.63) is 23.3 Å². The van der Waals surface area contributed by atoms with E-state index in [2.05, 4.69) is 0 Å². The molecule has 0 radical (unpaired) electrons. The Morgan fingerprint density at radius 2 is 2.06 bits per heavy atom. The molecular formula is C14H20O3. The van der Waals surface area contributed by atoms with Crippen molar-refractivity contribution in [2.24, 2.45) is 5.41 Å². The molecule has 1 aliphatic rings. The predicted octanol–water partition coefficient (Wildman–Crippen LogP) is 3.11. The fourth-order valence-corrected chi connectivity index (χ4v) is 2.57. The fraction of sp³-hybridized carbons (Fsp3) is 0.571. The van der Waals surface area contributed by atoms with Gasteiger partial charge < -0.3 is 5.11 Å². The molecule has 0 amide bonds. The lowest BCUT2D eigenvalue weighted by molar-refractivity contribution is -0.136. The molecule has 0 aliphatic heterocycles. The molecule has 1 aliphatic carbocycles. The Labute approximate surface area is 102 Å². The average molecular weight is 236 g/mol. The Bertz CT molecular complexity index is 386. The second-order valence-electron chi connectivity index (χ2n) is 5.15. The number of carbonyl (C=O) groups excluding carboxylic acids is 1. The van der Waals surface area contributed by atoms with Crippen LogP contribution in [0.5, 0.6) is 0 Å². The topological polar surface area (TPSA) is 54.4 Å². The van der Waals surface area contributed by atoms with E-state index in [-0.39, 0.29) is 17.6 Å². The van der Waals surface area contributed by atoms with Gasteiger partial charge in [-0.05, 0) is 37.7 Å². The van der Waals surface area contributed by atoms with E-state index in [1.807, 2.05) is 13.8 Å². The molecule has 0 fully saturated rings. The summed E-state index contributed by atoms with van der Waals surface area (Å²) >= 11 is 0. The maximum absolute atomic E-state index is 12.1. The Hall–Kier alpha value is -1.38. The van der Waals surface area contributed by atoms with Crippen LogP contribution in [0.2, 0.25) is 0 Å². The van der Waals surface area contributed by atoms with Crippen molar-refractivity contribution < 1.29 is 14.7 Å². The molecule has 0 atom stereocenters. The number of hydrogen-bond donors (Lipinski definition) is 1. The summed E-state index contributed by atoms with van der Waals surface area (Å²) in [7, 11) is 0. The number of hydrogen-bond acceptors (Lipinski definition) is 2. The van der Waals surface area contributed by atoms with E-state index in [4.69, 9.17) is 5.11 Å². The first kappa shape index (κ1) is 13.7. The Morgan fingerprint density at radius 1 is 1.41 bits per heavy atom. The van der Waals surface area contributed by atoms with E-state index in [0.29, 0.717) is 5.57 Å². The highest BCUT2D eigenvalue weighted by Crippen LogP contribution is 2.41. The van der Waals surface area contributed by atoms with Crippen molar-refractivity contribution in [1.82, 2.24) is 0 Å². The van der Waals surface area contributed by atoms with Gasteiger partial charge in [0, 0.05) is 5.57 Å². The van der Waals surface area contributed by atoms with Crippen LogP contribution in [0.1, 0.15) is 46.5 Å². The standard InChI is InChI=1S/C14H20O3/c1-4-6-11(15)13-10(9-12(16)17)7-5-8-14(13,2)3/h4,6H,5,7-9H2,1-3H3,(H,16,17)/b6-4+. The van der Waals surface area contributed by atoms with Gasteiger partial charge in [-0.15, -0.1) is 0 Å². The van der Waals surface area contributed by atoms with Gasteiger partial charge in [-0.25, -0.2) is 0 Å². The number of allylic oxidation sites excluding steroid dienone is 3. The summed E-state index contributed by atoms with van der Waals surface area (Å²) in [4.78, 5) is 22.9. The van der Waals surface area contributed by atoms with E-state index in [0.717, 1.165) is 24.8 Å². The van der Waals surface area contributed by atoms with Crippen LogP contribution >= 0.6 is 0 Å². The van der Waals surface area contributed by atoms with Crippen molar-refractivity contribution in [2.75, 3.05) is 0 Å². The maximum atomic E-state index is 12.1. The summed E-state index contributed by atoms with van der Waals surface area (Å²) in [6.45, 7) is 5.83. The minimum Gasteiger partial charge on any atom is -0.481 e. The zero-order valence-corrected chi connectivity index (χ0v) is 10.7. The minimum absolute atomic E-state index is 0.0118. The average Bonchev–Trinajstić information content (AvgIpc) is 2.15. The maximum Gasteiger partial charge on any atom is 0.307 e. The molecule has 3 heteroatoms. The third kappa shape index (κ3) is 3.29. The van der Waals surface area contributed by atoms with Crippen molar-refractivity contribution in [1.29, 1.82) is 0 Å². The monoisotopic (exact) mass is 236 g/mol. The number of rotatable bonds is 4. The van der Waals surface area contributed by atoms with E-state index < -0.39 is 5.97 Å². The summed E-state index contributed by atoms with van der Waals surface area (Å²) in [6, 6.07) is 0. The van der Waals surface area contributed by atoms with Gasteiger partial charge in [-0.1, -0.05) is 25.5 Å². The van der Waals surface area contributed by atoms with Crippen molar-refractivity contribution in [3.63, 3.8) is 0 Å². The van der Waals surface area contributed by atoms with Crippen LogP contribution in [-0.4, -0.2) is 16.9 Å². The Balaban J connectivity index is 3.19. The molecule has 1 rings (SSSR count). The molecule has 0 unspecified atom stereocenters. The predicted molar refractivity (Wildman–Crippen MR) is 66.7 cm³/mol. The second kappa shape index (κ2) is 5.30. The quantitative estimate of drug-likeness (QED) is 0.763. The van der Waals surface area contributed by atoms with E-state index in [9.17, 15) is 9.59 Å². The van der Waals surface area contributed by atoms with Crippen LogP contribution in [0.4, 0.5) is 0 Å². The van der Waals surface area contributed by atoms with Gasteiger partial charge >= 0.3 is 5.97 Å². The third-order valence-electron chi connectivity index (χ3n) is 3.24. The number of carboxylic acid groups (broad SMARTS) is 1. The fourth-order valence-electron chi connectivity index (χ4n) is 2.57. The zero-order valence-electron chi connectivity index (χ0n) is 10.7. The van der Waals surface area contributed by atoms with Crippen LogP contribution < -0.4 is 0 Å². The lowest BCUT2D eigenvalue weighted by Crippen LogP contribution is -2.26. The highest BCUT2D eigenvalue weighted by molar-refractivity contribution is 6.05. The zero-order chi connectivity index (χ0) is 13.1. The number of carboxylic acids is 1. The van der Waals surface area contributed by atoms with Crippen LogP contribution in [0, 0.1) is 5.41 Å². The van der Waals surface area contributed by atoms with Gasteiger partial charge in [0.25, 0.3) is 0 Å². The van der Waals surface area contributed by atoms with Crippen LogP contribution in [0.15, 0.2) is 23.3 Å². The number of aliphatic carboxylic acids is 1. The van der Waals surface area contributed by atoms with Gasteiger partial charge in [0.2, 0.25) is 0 Å². The molecule has 0 saturated carbocycles. The van der Waals surface area contributed by atoms with Gasteiger partial charge in [0.15, 0.2) is 5.78 Å². The number of carbonyl (C=O) groups is 2. The first-order valence-corrected chi connectivity index (χ1v) is 6.00. The third-order valence-corrected chi connectivity index (χ3v) is 3.24. The Kier molecular flexibility index (Phi) is 4.27. The van der Waals surface area contributed by atoms with Crippen molar-refractivity contribution >= 4 is 11.8 Å². The SMILES string of the molecule is C/C=C/C(=O)C1=C(CC(=O)O)CCCC1(C)C. The minimum atomic E-state index is -0.858. The Morgan fingerprint density at radius 3 is 2.59 bits per heavy atom. The summed E-state index contributed by atoms with van der Waals surface area (Å²) in [5.41, 5.74) is 1.31. The summed E-state index contributed by atoms with van der Waals surface area (Å²) in [5.74, 6) is -0.892. The molecule has 0 heterocycles. The molecule has 3 nitrogen and oxygen atoms in total. The normalized spacial score (nSPS) is 19.7.